The van der Waals surface area contributed by atoms with Gasteiger partial charge >= 0.3 is 5.97 Å². The number of carbonyl (C=O) groups excluding carboxylic acids is 1. The number of methoxy groups -OCH3 is 1. The van der Waals surface area contributed by atoms with Crippen molar-refractivity contribution < 1.29 is 14.6 Å². The summed E-state index contributed by atoms with van der Waals surface area (Å²) >= 11 is 0. The van der Waals surface area contributed by atoms with Gasteiger partial charge in [-0.25, -0.2) is 4.79 Å². The number of esters is 1. The number of nitrogens with two attached hydrogens (primary N) is 1. The van der Waals surface area contributed by atoms with Crippen LogP contribution in [0.5, 0.6) is 5.75 Å². The molecule has 17 heavy (non-hydrogen) atoms. The summed E-state index contributed by atoms with van der Waals surface area (Å²) in [7, 11) is 3.12. The van der Waals surface area contributed by atoms with Crippen LogP contribution in [-0.2, 0) is 16.6 Å². The maximum Gasteiger partial charge on any atom is 0.328 e. The van der Waals surface area contributed by atoms with Crippen LogP contribution in [0.3, 0.4) is 0 Å². The average molecular weight is 234 g/mol. The van der Waals surface area contributed by atoms with Gasteiger partial charge in [0.2, 0.25) is 0 Å². The van der Waals surface area contributed by atoms with Crippen LogP contribution in [0.1, 0.15) is 11.7 Å². The molecule has 2 aromatic rings. The fourth-order valence-electron chi connectivity index (χ4n) is 1.90. The summed E-state index contributed by atoms with van der Waals surface area (Å²) in [5.74, 6) is -0.304. The summed E-state index contributed by atoms with van der Waals surface area (Å²) in [5.41, 5.74) is 7.34. The molecule has 0 fully saturated rings. The summed E-state index contributed by atoms with van der Waals surface area (Å²) in [6.07, 6.45) is 0. The minimum atomic E-state index is -0.820. The van der Waals surface area contributed by atoms with Crippen LogP contribution in [0.15, 0.2) is 24.3 Å². The predicted octanol–water partition coefficient (Wildman–Crippen LogP) is 1.06. The zero-order valence-electron chi connectivity index (χ0n) is 9.68. The number of benzene rings is 1. The topological polar surface area (TPSA) is 77.5 Å². The van der Waals surface area contributed by atoms with Crippen molar-refractivity contribution in [3.63, 3.8) is 0 Å². The molecule has 1 unspecified atom stereocenters. The Bertz CT molecular complexity index is 574. The quantitative estimate of drug-likeness (QED) is 0.761. The molecule has 0 aliphatic heterocycles. The summed E-state index contributed by atoms with van der Waals surface area (Å²) in [4.78, 5) is 11.4. The van der Waals surface area contributed by atoms with Crippen molar-refractivity contribution in [1.82, 2.24) is 4.57 Å². The molecule has 0 bridgehead atoms. The van der Waals surface area contributed by atoms with Gasteiger partial charge in [0, 0.05) is 23.6 Å². The summed E-state index contributed by atoms with van der Waals surface area (Å²) < 4.78 is 6.43. The molecule has 5 nitrogen and oxygen atoms in total. The molecule has 0 saturated carbocycles. The lowest BCUT2D eigenvalue weighted by Crippen LogP contribution is -2.24. The second kappa shape index (κ2) is 4.10. The van der Waals surface area contributed by atoms with Crippen molar-refractivity contribution in [2.24, 2.45) is 12.8 Å². The van der Waals surface area contributed by atoms with Crippen LogP contribution in [0.25, 0.3) is 10.9 Å². The van der Waals surface area contributed by atoms with E-state index in [2.05, 4.69) is 4.74 Å². The highest BCUT2D eigenvalue weighted by Gasteiger charge is 2.20. The number of aryl methyl sites for hydroxylation is 1. The van der Waals surface area contributed by atoms with Crippen molar-refractivity contribution >= 4 is 16.9 Å². The van der Waals surface area contributed by atoms with E-state index in [1.54, 1.807) is 24.3 Å². The van der Waals surface area contributed by atoms with Gasteiger partial charge in [-0.3, -0.25) is 0 Å². The van der Waals surface area contributed by atoms with Crippen molar-refractivity contribution in [3.8, 4) is 5.75 Å². The van der Waals surface area contributed by atoms with Crippen LogP contribution < -0.4 is 5.73 Å². The Morgan fingerprint density at radius 3 is 2.82 bits per heavy atom. The monoisotopic (exact) mass is 234 g/mol. The van der Waals surface area contributed by atoms with Crippen LogP contribution in [0, 0.1) is 0 Å². The Hall–Kier alpha value is -2.01. The van der Waals surface area contributed by atoms with E-state index in [1.807, 2.05) is 11.6 Å². The Labute approximate surface area is 98.4 Å². The second-order valence-corrected chi connectivity index (χ2v) is 3.87. The third-order valence-corrected chi connectivity index (χ3v) is 2.84. The minimum Gasteiger partial charge on any atom is -0.508 e. The highest BCUT2D eigenvalue weighted by molar-refractivity contribution is 5.85. The molecule has 1 aromatic carbocycles. The number of phenolic OH excluding ortho intramolecular Hbond substituents is 1. The van der Waals surface area contributed by atoms with Gasteiger partial charge in [0.05, 0.1) is 7.11 Å². The van der Waals surface area contributed by atoms with E-state index in [-0.39, 0.29) is 5.75 Å². The molecule has 5 heteroatoms. The number of ether oxygens (including phenoxy) is 1. The van der Waals surface area contributed by atoms with Gasteiger partial charge in [-0.05, 0) is 24.3 Å². The number of nitrogens with zero attached hydrogens (tertiary/aromatic N) is 1. The van der Waals surface area contributed by atoms with Gasteiger partial charge in [0.15, 0.2) is 0 Å². The first-order valence-electron chi connectivity index (χ1n) is 5.16. The summed E-state index contributed by atoms with van der Waals surface area (Å²) in [6, 6.07) is 5.95. The lowest BCUT2D eigenvalue weighted by atomic mass is 10.2. The van der Waals surface area contributed by atoms with Crippen LogP contribution >= 0.6 is 0 Å². The highest BCUT2D eigenvalue weighted by Crippen LogP contribution is 2.25. The van der Waals surface area contributed by atoms with E-state index in [0.717, 1.165) is 10.9 Å². The first-order valence-corrected chi connectivity index (χ1v) is 5.16. The molecule has 1 aromatic heterocycles. The predicted molar refractivity (Wildman–Crippen MR) is 63.5 cm³/mol. The van der Waals surface area contributed by atoms with Crippen molar-refractivity contribution in [1.29, 1.82) is 0 Å². The van der Waals surface area contributed by atoms with Gasteiger partial charge in [-0.15, -0.1) is 0 Å². The molecule has 1 heterocycles. The van der Waals surface area contributed by atoms with E-state index in [9.17, 15) is 9.90 Å². The number of aromatic nitrogens is 1. The van der Waals surface area contributed by atoms with E-state index < -0.39 is 12.0 Å². The summed E-state index contributed by atoms with van der Waals surface area (Å²) in [6.45, 7) is 0. The molecular weight excluding hydrogens is 220 g/mol. The van der Waals surface area contributed by atoms with Gasteiger partial charge in [-0.2, -0.15) is 0 Å². The second-order valence-electron chi connectivity index (χ2n) is 3.87. The van der Waals surface area contributed by atoms with Gasteiger partial charge in [0.1, 0.15) is 11.8 Å². The molecule has 0 saturated heterocycles. The highest BCUT2D eigenvalue weighted by atomic mass is 16.5. The molecule has 0 spiro atoms. The number of phenols is 1. The molecule has 0 aliphatic rings. The smallest absolute Gasteiger partial charge is 0.328 e. The Morgan fingerprint density at radius 2 is 2.18 bits per heavy atom. The molecule has 0 amide bonds. The number of rotatable bonds is 2. The Kier molecular flexibility index (Phi) is 2.77. The number of hydrogen-bond donors (Lipinski definition) is 2. The zero-order valence-corrected chi connectivity index (χ0v) is 9.68. The van der Waals surface area contributed by atoms with Crippen LogP contribution in [0.4, 0.5) is 0 Å². The van der Waals surface area contributed by atoms with E-state index in [0.29, 0.717) is 5.69 Å². The van der Waals surface area contributed by atoms with Crippen molar-refractivity contribution in [3.05, 3.63) is 30.0 Å². The van der Waals surface area contributed by atoms with Gasteiger partial charge < -0.3 is 20.1 Å². The third-order valence-electron chi connectivity index (χ3n) is 2.84. The Morgan fingerprint density at radius 1 is 1.47 bits per heavy atom. The molecule has 90 valence electrons. The van der Waals surface area contributed by atoms with Crippen LogP contribution in [0.2, 0.25) is 0 Å². The molecular formula is C12H14N2O3. The van der Waals surface area contributed by atoms with E-state index in [1.165, 1.54) is 7.11 Å². The molecule has 3 N–H and O–H groups in total. The van der Waals surface area contributed by atoms with Gasteiger partial charge in [0.25, 0.3) is 0 Å². The largest absolute Gasteiger partial charge is 0.508 e. The number of fused-ring (bicyclic) bond motifs is 1. The fourth-order valence-corrected chi connectivity index (χ4v) is 1.90. The average Bonchev–Trinajstić information content (AvgIpc) is 2.64. The number of aromatic hydroxyl groups is 1. The third kappa shape index (κ3) is 1.85. The number of hydrogen-bond acceptors (Lipinski definition) is 4. The van der Waals surface area contributed by atoms with Crippen molar-refractivity contribution in [2.45, 2.75) is 6.04 Å². The first-order chi connectivity index (χ1) is 8.04. The van der Waals surface area contributed by atoms with Crippen molar-refractivity contribution in [2.75, 3.05) is 7.11 Å². The molecule has 0 radical (unpaired) electrons. The summed E-state index contributed by atoms with van der Waals surface area (Å²) in [5, 5.41) is 10.2. The Balaban J connectivity index is 2.55. The maximum absolute atomic E-state index is 11.4. The minimum absolute atomic E-state index is 0.182. The SMILES string of the molecule is COC(=O)C(N)c1cc2cc(O)ccc2n1C. The zero-order chi connectivity index (χ0) is 12.6. The van der Waals surface area contributed by atoms with Crippen LogP contribution in [-0.4, -0.2) is 22.8 Å². The lowest BCUT2D eigenvalue weighted by molar-refractivity contribution is -0.142. The maximum atomic E-state index is 11.4. The number of carbonyl (C=O) groups is 1. The molecule has 0 aliphatic carbocycles. The van der Waals surface area contributed by atoms with E-state index in [4.69, 9.17) is 5.73 Å². The molecule has 1 atom stereocenters. The normalized spacial score (nSPS) is 12.6. The van der Waals surface area contributed by atoms with Gasteiger partial charge in [-0.1, -0.05) is 0 Å². The van der Waals surface area contributed by atoms with E-state index >= 15 is 0 Å². The lowest BCUT2D eigenvalue weighted by Gasteiger charge is -2.10. The fraction of sp³-hybridized carbons (Fsp3) is 0.250. The standard InChI is InChI=1S/C12H14N2O3/c1-14-9-4-3-8(15)5-7(9)6-10(14)11(13)12(16)17-2/h3-6,11,15H,13H2,1-2H3. The first kappa shape index (κ1) is 11.5. The molecule has 2 rings (SSSR count).